The fourth-order valence-electron chi connectivity index (χ4n) is 2.88. The van der Waals surface area contributed by atoms with Gasteiger partial charge in [0.1, 0.15) is 6.26 Å². The molecule has 1 aromatic heterocycles. The second-order valence-electron chi connectivity index (χ2n) is 6.85. The van der Waals surface area contributed by atoms with E-state index in [-0.39, 0.29) is 29.9 Å². The molecule has 3 aromatic rings. The van der Waals surface area contributed by atoms with Gasteiger partial charge >= 0.3 is 0 Å². The normalized spacial score (nSPS) is 10.9. The Balaban J connectivity index is 0.00000341. The number of oxazole rings is 1. The average molecular weight is 533 g/mol. The van der Waals surface area contributed by atoms with Crippen molar-refractivity contribution in [2.45, 2.75) is 26.9 Å². The molecule has 0 aliphatic rings. The SMILES string of the molecule is CCNC(=O)c1cccc(CNC(=NC)NCc2coc(-c3ccc(C)cc3)n2)c1.I. The Bertz CT molecular complexity index is 1010. The number of carbonyl (C=O) groups excluding carboxylic acids is 1. The van der Waals surface area contributed by atoms with Gasteiger partial charge in [-0.3, -0.25) is 9.79 Å². The molecule has 0 spiro atoms. The van der Waals surface area contributed by atoms with E-state index in [9.17, 15) is 4.79 Å². The molecule has 0 aliphatic heterocycles. The first-order chi connectivity index (χ1) is 14.6. The predicted octanol–water partition coefficient (Wildman–Crippen LogP) is 3.88. The van der Waals surface area contributed by atoms with Crippen molar-refractivity contribution >= 4 is 35.8 Å². The van der Waals surface area contributed by atoms with E-state index >= 15 is 0 Å². The molecule has 0 bridgehead atoms. The molecule has 1 heterocycles. The van der Waals surface area contributed by atoms with Crippen molar-refractivity contribution in [1.82, 2.24) is 20.9 Å². The second kappa shape index (κ2) is 12.1. The van der Waals surface area contributed by atoms with Gasteiger partial charge in [0.15, 0.2) is 5.96 Å². The van der Waals surface area contributed by atoms with Crippen molar-refractivity contribution in [3.63, 3.8) is 0 Å². The van der Waals surface area contributed by atoms with E-state index in [0.717, 1.165) is 16.8 Å². The first-order valence-corrected chi connectivity index (χ1v) is 9.92. The van der Waals surface area contributed by atoms with Crippen LogP contribution in [0, 0.1) is 6.92 Å². The van der Waals surface area contributed by atoms with Gasteiger partial charge in [-0.25, -0.2) is 4.98 Å². The molecule has 3 N–H and O–H groups in total. The number of guanidine groups is 1. The van der Waals surface area contributed by atoms with E-state index in [1.807, 2.05) is 56.3 Å². The number of aromatic nitrogens is 1. The Hall–Kier alpha value is -2.88. The molecule has 0 saturated carbocycles. The number of aryl methyl sites for hydroxylation is 1. The molecular formula is C23H28IN5O2. The van der Waals surface area contributed by atoms with E-state index in [1.165, 1.54) is 5.56 Å². The van der Waals surface area contributed by atoms with E-state index in [2.05, 4.69) is 25.9 Å². The molecule has 31 heavy (non-hydrogen) atoms. The van der Waals surface area contributed by atoms with Crippen LogP contribution in [0.4, 0.5) is 0 Å². The van der Waals surface area contributed by atoms with Gasteiger partial charge in [0, 0.05) is 31.3 Å². The van der Waals surface area contributed by atoms with Crippen molar-refractivity contribution in [2.75, 3.05) is 13.6 Å². The maximum absolute atomic E-state index is 12.0. The number of carbonyl (C=O) groups is 1. The van der Waals surface area contributed by atoms with E-state index in [1.54, 1.807) is 19.4 Å². The maximum Gasteiger partial charge on any atom is 0.251 e. The summed E-state index contributed by atoms with van der Waals surface area (Å²) in [5, 5.41) is 9.28. The molecule has 1 amide bonds. The van der Waals surface area contributed by atoms with Crippen molar-refractivity contribution in [1.29, 1.82) is 0 Å². The van der Waals surface area contributed by atoms with Crippen LogP contribution in [0.5, 0.6) is 0 Å². The largest absolute Gasteiger partial charge is 0.444 e. The van der Waals surface area contributed by atoms with E-state index in [0.29, 0.717) is 37.0 Å². The van der Waals surface area contributed by atoms with Crippen LogP contribution < -0.4 is 16.0 Å². The summed E-state index contributed by atoms with van der Waals surface area (Å²) in [6, 6.07) is 15.6. The third-order valence-corrected chi connectivity index (χ3v) is 4.50. The number of benzene rings is 2. The second-order valence-corrected chi connectivity index (χ2v) is 6.85. The highest BCUT2D eigenvalue weighted by Gasteiger charge is 2.08. The summed E-state index contributed by atoms with van der Waals surface area (Å²) in [6.45, 7) is 5.57. The van der Waals surface area contributed by atoms with Gasteiger partial charge in [-0.2, -0.15) is 0 Å². The summed E-state index contributed by atoms with van der Waals surface area (Å²) in [5.74, 6) is 1.16. The Labute approximate surface area is 199 Å². The first kappa shape index (κ1) is 24.4. The number of amides is 1. The molecule has 7 nitrogen and oxygen atoms in total. The topological polar surface area (TPSA) is 91.5 Å². The monoisotopic (exact) mass is 533 g/mol. The smallest absolute Gasteiger partial charge is 0.251 e. The lowest BCUT2D eigenvalue weighted by Gasteiger charge is -2.11. The molecule has 0 saturated heterocycles. The van der Waals surface area contributed by atoms with Crippen LogP contribution in [0.3, 0.4) is 0 Å². The van der Waals surface area contributed by atoms with E-state index in [4.69, 9.17) is 4.42 Å². The van der Waals surface area contributed by atoms with Crippen molar-refractivity contribution in [3.8, 4) is 11.5 Å². The average Bonchev–Trinajstić information content (AvgIpc) is 3.24. The van der Waals surface area contributed by atoms with Gasteiger partial charge in [-0.1, -0.05) is 29.8 Å². The zero-order chi connectivity index (χ0) is 21.3. The first-order valence-electron chi connectivity index (χ1n) is 9.92. The number of nitrogens with one attached hydrogen (secondary N) is 3. The van der Waals surface area contributed by atoms with Crippen molar-refractivity contribution in [2.24, 2.45) is 4.99 Å². The van der Waals surface area contributed by atoms with Crippen LogP contribution in [-0.2, 0) is 13.1 Å². The zero-order valence-corrected chi connectivity index (χ0v) is 20.3. The third kappa shape index (κ3) is 7.09. The molecule has 8 heteroatoms. The Morgan fingerprint density at radius 1 is 1.06 bits per heavy atom. The fourth-order valence-corrected chi connectivity index (χ4v) is 2.88. The molecule has 0 atom stereocenters. The minimum absolute atomic E-state index is 0. The molecule has 3 rings (SSSR count). The minimum atomic E-state index is -0.0720. The summed E-state index contributed by atoms with van der Waals surface area (Å²) >= 11 is 0. The standard InChI is InChI=1S/C23H27N5O2.HI/c1-4-25-21(29)19-7-5-6-17(12-19)13-26-23(24-3)27-14-20-15-30-22(28-20)18-10-8-16(2)9-11-18;/h5-12,15H,4,13-14H2,1-3H3,(H,25,29)(H2,24,26,27);1H. The highest BCUT2D eigenvalue weighted by Crippen LogP contribution is 2.19. The lowest BCUT2D eigenvalue weighted by atomic mass is 10.1. The number of aliphatic imine (C=N–C) groups is 1. The summed E-state index contributed by atoms with van der Waals surface area (Å²) < 4.78 is 5.59. The van der Waals surface area contributed by atoms with Crippen LogP contribution in [0.1, 0.15) is 34.1 Å². The summed E-state index contributed by atoms with van der Waals surface area (Å²) in [6.07, 6.45) is 1.64. The molecule has 0 aliphatic carbocycles. The molecular weight excluding hydrogens is 505 g/mol. The zero-order valence-electron chi connectivity index (χ0n) is 17.9. The molecule has 0 radical (unpaired) electrons. The molecule has 0 unspecified atom stereocenters. The summed E-state index contributed by atoms with van der Waals surface area (Å²) in [7, 11) is 1.71. The van der Waals surface area contributed by atoms with Gasteiger partial charge in [-0.05, 0) is 43.7 Å². The highest BCUT2D eigenvalue weighted by molar-refractivity contribution is 14.0. The lowest BCUT2D eigenvalue weighted by molar-refractivity contribution is 0.0955. The van der Waals surface area contributed by atoms with Gasteiger partial charge in [-0.15, -0.1) is 24.0 Å². The van der Waals surface area contributed by atoms with Crippen LogP contribution in [-0.4, -0.2) is 30.4 Å². The fraction of sp³-hybridized carbons (Fsp3) is 0.261. The van der Waals surface area contributed by atoms with Gasteiger partial charge in [0.2, 0.25) is 5.89 Å². The van der Waals surface area contributed by atoms with Crippen molar-refractivity contribution in [3.05, 3.63) is 77.2 Å². The summed E-state index contributed by atoms with van der Waals surface area (Å²) in [4.78, 5) is 20.8. The number of halogens is 1. The van der Waals surface area contributed by atoms with Crippen LogP contribution in [0.15, 0.2) is 64.2 Å². The number of rotatable bonds is 7. The van der Waals surface area contributed by atoms with Crippen LogP contribution in [0.25, 0.3) is 11.5 Å². The molecule has 0 fully saturated rings. The predicted molar refractivity (Wildman–Crippen MR) is 134 cm³/mol. The summed E-state index contributed by atoms with van der Waals surface area (Å²) in [5.41, 5.74) is 4.56. The molecule has 2 aromatic carbocycles. The Morgan fingerprint density at radius 2 is 1.81 bits per heavy atom. The van der Waals surface area contributed by atoms with Crippen LogP contribution >= 0.6 is 24.0 Å². The Kier molecular flexibility index (Phi) is 9.51. The maximum atomic E-state index is 12.0. The van der Waals surface area contributed by atoms with E-state index < -0.39 is 0 Å². The van der Waals surface area contributed by atoms with Crippen LogP contribution in [0.2, 0.25) is 0 Å². The molecule has 164 valence electrons. The number of hydrogen-bond donors (Lipinski definition) is 3. The highest BCUT2D eigenvalue weighted by atomic mass is 127. The minimum Gasteiger partial charge on any atom is -0.444 e. The lowest BCUT2D eigenvalue weighted by Crippen LogP contribution is -2.36. The van der Waals surface area contributed by atoms with Crippen molar-refractivity contribution < 1.29 is 9.21 Å². The third-order valence-electron chi connectivity index (χ3n) is 4.50. The van der Waals surface area contributed by atoms with Gasteiger partial charge in [0.05, 0.1) is 12.2 Å². The quantitative estimate of drug-likeness (QED) is 0.244. The number of nitrogens with zero attached hydrogens (tertiary/aromatic N) is 2. The Morgan fingerprint density at radius 3 is 2.52 bits per heavy atom. The van der Waals surface area contributed by atoms with Gasteiger partial charge in [0.25, 0.3) is 5.91 Å². The number of hydrogen-bond acceptors (Lipinski definition) is 4. The van der Waals surface area contributed by atoms with Gasteiger partial charge < -0.3 is 20.4 Å².